The summed E-state index contributed by atoms with van der Waals surface area (Å²) in [7, 11) is 0. The lowest BCUT2D eigenvalue weighted by Crippen LogP contribution is -2.21. The quantitative estimate of drug-likeness (QED) is 0.140. The highest BCUT2D eigenvalue weighted by molar-refractivity contribution is 9.10. The molecule has 3 aromatic heterocycles. The molecule has 12 heteroatoms. The summed E-state index contributed by atoms with van der Waals surface area (Å²) in [6.45, 7) is 1.17. The Labute approximate surface area is 265 Å². The van der Waals surface area contributed by atoms with Crippen LogP contribution in [0.5, 0.6) is 0 Å². The second kappa shape index (κ2) is 13.4. The van der Waals surface area contributed by atoms with E-state index in [2.05, 4.69) is 48.6 Å². The molecule has 45 heavy (non-hydrogen) atoms. The predicted octanol–water partition coefficient (Wildman–Crippen LogP) is 8.45. The molecule has 0 aliphatic heterocycles. The van der Waals surface area contributed by atoms with Gasteiger partial charge in [0, 0.05) is 33.9 Å². The molecule has 8 nitrogen and oxygen atoms in total. The summed E-state index contributed by atoms with van der Waals surface area (Å²) in [5.41, 5.74) is 5.29. The molecule has 0 bridgehead atoms. The van der Waals surface area contributed by atoms with Gasteiger partial charge in [-0.1, -0.05) is 80.1 Å². The first kappa shape index (κ1) is 30.7. The van der Waals surface area contributed by atoms with Gasteiger partial charge in [0.25, 0.3) is 0 Å². The second-order valence-corrected chi connectivity index (χ2v) is 11.5. The van der Waals surface area contributed by atoms with Gasteiger partial charge in [-0.15, -0.1) is 10.2 Å². The van der Waals surface area contributed by atoms with Crippen molar-refractivity contribution in [2.24, 2.45) is 0 Å². The number of aromatic nitrogens is 6. The third-order valence-electron chi connectivity index (χ3n) is 7.57. The summed E-state index contributed by atoms with van der Waals surface area (Å²) in [5.74, 6) is 1.08. The van der Waals surface area contributed by atoms with Gasteiger partial charge >= 0.3 is 6.18 Å². The van der Waals surface area contributed by atoms with Crippen molar-refractivity contribution >= 4 is 26.7 Å². The zero-order valence-electron chi connectivity index (χ0n) is 24.4. The third kappa shape index (κ3) is 7.02. The van der Waals surface area contributed by atoms with Crippen LogP contribution in [0.25, 0.3) is 33.5 Å². The Morgan fingerprint density at radius 2 is 1.71 bits per heavy atom. The average molecular weight is 680 g/mol. The summed E-state index contributed by atoms with van der Waals surface area (Å²) in [6, 6.07) is 23.1. The van der Waals surface area contributed by atoms with Crippen LogP contribution in [0.15, 0.2) is 81.9 Å². The number of aromatic amines is 1. The van der Waals surface area contributed by atoms with Gasteiger partial charge in [0.05, 0.1) is 24.6 Å². The maximum absolute atomic E-state index is 13.7. The van der Waals surface area contributed by atoms with Gasteiger partial charge in [-0.05, 0) is 51.2 Å². The molecule has 0 fully saturated rings. The summed E-state index contributed by atoms with van der Waals surface area (Å²) in [6.07, 6.45) is -1.74. The van der Waals surface area contributed by atoms with Crippen LogP contribution in [0.4, 0.5) is 13.2 Å². The van der Waals surface area contributed by atoms with Gasteiger partial charge in [-0.2, -0.15) is 23.5 Å². The van der Waals surface area contributed by atoms with Crippen molar-refractivity contribution in [1.82, 2.24) is 30.4 Å². The lowest BCUT2D eigenvalue weighted by Gasteiger charge is -2.13. The van der Waals surface area contributed by atoms with Crippen molar-refractivity contribution in [3.05, 3.63) is 106 Å². The maximum atomic E-state index is 13.7. The summed E-state index contributed by atoms with van der Waals surface area (Å²) < 4.78 is 54.8. The molecule has 0 amide bonds. The van der Waals surface area contributed by atoms with E-state index in [0.717, 1.165) is 56.1 Å². The first-order chi connectivity index (χ1) is 21.8. The summed E-state index contributed by atoms with van der Waals surface area (Å²) in [5, 5.41) is 20.6. The fourth-order valence-corrected chi connectivity index (χ4v) is 5.95. The van der Waals surface area contributed by atoms with E-state index in [1.54, 1.807) is 0 Å². The van der Waals surface area contributed by atoms with Crippen LogP contribution < -0.4 is 0 Å². The smallest absolute Gasteiger partial charge is 0.408 e. The monoisotopic (exact) mass is 678 g/mol. The number of ether oxygens (including phenoxy) is 1. The molecular formula is C33H30BrF3N6O2. The Hall–Kier alpha value is -4.29. The molecule has 0 atom stereocenters. The van der Waals surface area contributed by atoms with E-state index in [9.17, 15) is 13.2 Å². The van der Waals surface area contributed by atoms with Gasteiger partial charge in [0.2, 0.25) is 5.82 Å². The van der Waals surface area contributed by atoms with Crippen molar-refractivity contribution in [2.45, 2.75) is 58.5 Å². The lowest BCUT2D eigenvalue weighted by molar-refractivity contribution is -0.143. The van der Waals surface area contributed by atoms with Crippen molar-refractivity contribution in [3.63, 3.8) is 0 Å². The highest BCUT2D eigenvalue weighted by Gasteiger charge is 2.31. The number of benzene rings is 3. The molecule has 1 N–H and O–H groups in total. The number of tetrazole rings is 1. The second-order valence-electron chi connectivity index (χ2n) is 10.8. The minimum Gasteiger partial charge on any atom is -0.448 e. The van der Waals surface area contributed by atoms with Crippen molar-refractivity contribution in [1.29, 1.82) is 0 Å². The van der Waals surface area contributed by atoms with Crippen molar-refractivity contribution < 1.29 is 22.3 Å². The molecule has 3 aromatic carbocycles. The Bertz CT molecular complexity index is 1880. The molecule has 0 spiro atoms. The van der Waals surface area contributed by atoms with Crippen LogP contribution in [-0.2, 0) is 37.3 Å². The SMILES string of the molecule is CCCCc1nn(CC(F)(F)F)c(COCc2ccccc2)c1Cc1ccc2c(-c3ccccc3-c3nn[nH]n3)oc(Br)c2c1. The number of nitrogens with one attached hydrogen (secondary N) is 1. The number of H-pyrrole nitrogens is 1. The Balaban J connectivity index is 1.36. The zero-order chi connectivity index (χ0) is 31.4. The van der Waals surface area contributed by atoms with Gasteiger partial charge in [-0.25, -0.2) is 0 Å². The first-order valence-electron chi connectivity index (χ1n) is 14.6. The van der Waals surface area contributed by atoms with Crippen LogP contribution in [0.3, 0.4) is 0 Å². The minimum atomic E-state index is -4.42. The Morgan fingerprint density at radius 1 is 0.933 bits per heavy atom. The molecule has 0 saturated heterocycles. The number of halogens is 4. The van der Waals surface area contributed by atoms with Crippen LogP contribution in [0, 0.1) is 0 Å². The van der Waals surface area contributed by atoms with E-state index in [-0.39, 0.29) is 13.2 Å². The fourth-order valence-electron chi connectivity index (χ4n) is 5.46. The van der Waals surface area contributed by atoms with Crippen molar-refractivity contribution in [3.8, 4) is 22.7 Å². The van der Waals surface area contributed by atoms with Crippen LogP contribution in [0.1, 0.15) is 47.8 Å². The molecule has 0 aliphatic carbocycles. The number of aryl methyl sites for hydroxylation is 1. The van der Waals surface area contributed by atoms with Crippen molar-refractivity contribution in [2.75, 3.05) is 0 Å². The molecule has 3 heterocycles. The average Bonchev–Trinajstić information content (AvgIpc) is 3.75. The third-order valence-corrected chi connectivity index (χ3v) is 8.16. The number of unbranched alkanes of at least 4 members (excludes halogenated alkanes) is 1. The largest absolute Gasteiger partial charge is 0.448 e. The lowest BCUT2D eigenvalue weighted by atomic mass is 9.97. The normalized spacial score (nSPS) is 11.9. The topological polar surface area (TPSA) is 94.7 Å². The molecule has 0 aliphatic rings. The van der Waals surface area contributed by atoms with Gasteiger partial charge in [0.15, 0.2) is 4.67 Å². The molecule has 6 rings (SSSR count). The van der Waals surface area contributed by atoms with E-state index >= 15 is 0 Å². The molecular weight excluding hydrogens is 649 g/mol. The summed E-state index contributed by atoms with van der Waals surface area (Å²) >= 11 is 3.59. The van der Waals surface area contributed by atoms with E-state index in [4.69, 9.17) is 9.15 Å². The van der Waals surface area contributed by atoms with E-state index < -0.39 is 12.7 Å². The fraction of sp³-hybridized carbons (Fsp3) is 0.273. The van der Waals surface area contributed by atoms with Crippen LogP contribution in [-0.4, -0.2) is 36.6 Å². The Kier molecular flexibility index (Phi) is 9.13. The molecule has 6 aromatic rings. The highest BCUT2D eigenvalue weighted by Crippen LogP contribution is 2.41. The number of fused-ring (bicyclic) bond motifs is 1. The highest BCUT2D eigenvalue weighted by atomic mass is 79.9. The van der Waals surface area contributed by atoms with Crippen LogP contribution >= 0.6 is 15.9 Å². The zero-order valence-corrected chi connectivity index (χ0v) is 26.0. The number of rotatable bonds is 12. The van der Waals surface area contributed by atoms with Gasteiger partial charge in [-0.3, -0.25) is 4.68 Å². The van der Waals surface area contributed by atoms with E-state index in [1.807, 2.05) is 72.8 Å². The van der Waals surface area contributed by atoms with Crippen LogP contribution in [0.2, 0.25) is 0 Å². The molecule has 0 unspecified atom stereocenters. The number of alkyl halides is 3. The molecule has 232 valence electrons. The molecule has 0 saturated carbocycles. The van der Waals surface area contributed by atoms with Gasteiger partial charge < -0.3 is 9.15 Å². The number of nitrogens with zero attached hydrogens (tertiary/aromatic N) is 5. The number of hydrogen-bond acceptors (Lipinski definition) is 6. The van der Waals surface area contributed by atoms with Gasteiger partial charge in [0.1, 0.15) is 12.3 Å². The molecule has 0 radical (unpaired) electrons. The maximum Gasteiger partial charge on any atom is 0.408 e. The Morgan fingerprint density at radius 3 is 2.44 bits per heavy atom. The predicted molar refractivity (Wildman–Crippen MR) is 167 cm³/mol. The minimum absolute atomic E-state index is 0.00803. The van der Waals surface area contributed by atoms with E-state index in [0.29, 0.717) is 40.5 Å². The first-order valence-corrected chi connectivity index (χ1v) is 15.4. The number of furan rings is 1. The number of hydrogen-bond donors (Lipinski definition) is 1. The van der Waals surface area contributed by atoms with E-state index in [1.165, 1.54) is 0 Å². The standard InChI is InChI=1S/C33H30BrF3N6O2/c1-2-3-13-28-27(29(43(40-28)20-33(35,36)37)19-44-18-21-9-5-4-6-10-21)17-22-14-15-24-26(16-22)31(34)45-30(24)23-11-7-8-12-25(23)32-38-41-42-39-32/h4-12,14-16H,2-3,13,17-20H2,1H3,(H,38,39,41,42). The summed E-state index contributed by atoms with van der Waals surface area (Å²) in [4.78, 5) is 0.